The molecule has 1 aromatic rings. The minimum Gasteiger partial charge on any atom is -0.598 e. The molecular formula is C16H24FN3OS. The standard InChI is InChI=1S/C16H24FN3OS/c1-15(2,3)22(21)20-14-12-8-11(17)10-19-13(12)9-16(14)4-6-18-7-5-16/h8,10,14,18,20H,4-7,9H2,1-3H3/t14-,22+/m0/s1. The maximum absolute atomic E-state index is 13.7. The topological polar surface area (TPSA) is 60.0 Å². The van der Waals surface area contributed by atoms with Gasteiger partial charge in [-0.15, -0.1) is 4.72 Å². The molecule has 1 spiro atoms. The Morgan fingerprint density at radius 2 is 2.09 bits per heavy atom. The van der Waals surface area contributed by atoms with E-state index in [1.165, 1.54) is 6.20 Å². The van der Waals surface area contributed by atoms with E-state index in [4.69, 9.17) is 0 Å². The maximum Gasteiger partial charge on any atom is 0.141 e. The Balaban J connectivity index is 1.95. The summed E-state index contributed by atoms with van der Waals surface area (Å²) >= 11 is -1.19. The summed E-state index contributed by atoms with van der Waals surface area (Å²) in [6.07, 6.45) is 4.11. The molecular weight excluding hydrogens is 301 g/mol. The highest BCUT2D eigenvalue weighted by atomic mass is 32.2. The Hall–Kier alpha value is -0.690. The lowest BCUT2D eigenvalue weighted by Crippen LogP contribution is -2.48. The first-order chi connectivity index (χ1) is 10.3. The Kier molecular flexibility index (Phi) is 4.22. The van der Waals surface area contributed by atoms with Crippen LogP contribution in [0.1, 0.15) is 50.9 Å². The lowest BCUT2D eigenvalue weighted by Gasteiger charge is -2.40. The number of nitrogens with one attached hydrogen (secondary N) is 2. The van der Waals surface area contributed by atoms with E-state index in [0.717, 1.165) is 43.6 Å². The van der Waals surface area contributed by atoms with Crippen LogP contribution in [0.15, 0.2) is 12.3 Å². The SMILES string of the molecule is CC(C)(C)[S@@+]([O-])N[C@H]1c2cc(F)cnc2CC12CCNCC2. The van der Waals surface area contributed by atoms with E-state index < -0.39 is 11.4 Å². The van der Waals surface area contributed by atoms with Crippen LogP contribution < -0.4 is 10.0 Å². The fourth-order valence-corrected chi connectivity index (χ4v) is 4.45. The third-order valence-corrected chi connectivity index (χ3v) is 6.36. The average molecular weight is 325 g/mol. The summed E-state index contributed by atoms with van der Waals surface area (Å²) in [6, 6.07) is 1.48. The van der Waals surface area contributed by atoms with Gasteiger partial charge in [0.2, 0.25) is 0 Å². The van der Waals surface area contributed by atoms with Gasteiger partial charge in [-0.3, -0.25) is 4.98 Å². The van der Waals surface area contributed by atoms with Gasteiger partial charge in [0.05, 0.1) is 12.2 Å². The van der Waals surface area contributed by atoms with Crippen LogP contribution in [0, 0.1) is 11.2 Å². The molecule has 2 heterocycles. The van der Waals surface area contributed by atoms with Gasteiger partial charge in [0.1, 0.15) is 10.6 Å². The van der Waals surface area contributed by atoms with Crippen molar-refractivity contribution < 1.29 is 8.94 Å². The molecule has 2 aliphatic rings. The first-order valence-corrected chi connectivity index (χ1v) is 9.00. The summed E-state index contributed by atoms with van der Waals surface area (Å²) in [6.45, 7) is 7.73. The van der Waals surface area contributed by atoms with Crippen LogP contribution in [0.25, 0.3) is 0 Å². The molecule has 0 bridgehead atoms. The Morgan fingerprint density at radius 1 is 1.41 bits per heavy atom. The highest BCUT2D eigenvalue weighted by molar-refractivity contribution is 7.90. The quantitative estimate of drug-likeness (QED) is 0.819. The monoisotopic (exact) mass is 325 g/mol. The molecule has 122 valence electrons. The summed E-state index contributed by atoms with van der Waals surface area (Å²) < 4.78 is 29.2. The summed E-state index contributed by atoms with van der Waals surface area (Å²) in [4.78, 5) is 4.29. The predicted molar refractivity (Wildman–Crippen MR) is 86.2 cm³/mol. The lowest BCUT2D eigenvalue weighted by molar-refractivity contribution is 0.163. The molecule has 1 aliphatic carbocycles. The molecule has 2 atom stereocenters. The van der Waals surface area contributed by atoms with Crippen LogP contribution in [0.2, 0.25) is 0 Å². The molecule has 3 rings (SSSR count). The zero-order valence-corrected chi connectivity index (χ0v) is 14.2. The summed E-state index contributed by atoms with van der Waals surface area (Å²) in [5.74, 6) is -0.321. The van der Waals surface area contributed by atoms with E-state index in [-0.39, 0.29) is 22.0 Å². The van der Waals surface area contributed by atoms with Gasteiger partial charge in [0.15, 0.2) is 0 Å². The molecule has 0 radical (unpaired) electrons. The number of rotatable bonds is 2. The third kappa shape index (κ3) is 2.89. The van der Waals surface area contributed by atoms with Gasteiger partial charge in [-0.05, 0) is 64.8 Å². The first-order valence-electron chi connectivity index (χ1n) is 7.85. The zero-order valence-electron chi connectivity index (χ0n) is 13.4. The van der Waals surface area contributed by atoms with Gasteiger partial charge >= 0.3 is 0 Å². The number of fused-ring (bicyclic) bond motifs is 1. The van der Waals surface area contributed by atoms with E-state index in [1.807, 2.05) is 20.8 Å². The molecule has 1 fully saturated rings. The molecule has 6 heteroatoms. The van der Waals surface area contributed by atoms with Gasteiger partial charge in [0, 0.05) is 22.5 Å². The minimum atomic E-state index is -1.19. The van der Waals surface area contributed by atoms with Crippen molar-refractivity contribution in [2.75, 3.05) is 13.1 Å². The van der Waals surface area contributed by atoms with E-state index in [9.17, 15) is 8.94 Å². The van der Waals surface area contributed by atoms with Crippen LogP contribution in [0.5, 0.6) is 0 Å². The fourth-order valence-electron chi connectivity index (χ4n) is 3.51. The predicted octanol–water partition coefficient (Wildman–Crippen LogP) is 2.24. The smallest absolute Gasteiger partial charge is 0.141 e. The van der Waals surface area contributed by atoms with Crippen molar-refractivity contribution in [2.45, 2.75) is 50.8 Å². The van der Waals surface area contributed by atoms with E-state index in [0.29, 0.717) is 0 Å². The Morgan fingerprint density at radius 3 is 2.73 bits per heavy atom. The largest absolute Gasteiger partial charge is 0.598 e. The minimum absolute atomic E-state index is 0.00468. The number of hydrogen-bond acceptors (Lipinski definition) is 4. The molecule has 22 heavy (non-hydrogen) atoms. The molecule has 0 saturated carbocycles. The molecule has 1 aromatic heterocycles. The van der Waals surface area contributed by atoms with Crippen molar-refractivity contribution in [3.8, 4) is 0 Å². The van der Waals surface area contributed by atoms with Gasteiger partial charge in [-0.25, -0.2) is 4.39 Å². The Bertz CT molecular complexity index is 555. The first kappa shape index (κ1) is 16.2. The molecule has 0 aromatic carbocycles. The van der Waals surface area contributed by atoms with Crippen molar-refractivity contribution in [1.82, 2.24) is 15.0 Å². The second-order valence-corrected chi connectivity index (χ2v) is 9.41. The average Bonchev–Trinajstić information content (AvgIpc) is 2.72. The van der Waals surface area contributed by atoms with Gasteiger partial charge in [0.25, 0.3) is 0 Å². The van der Waals surface area contributed by atoms with Crippen molar-refractivity contribution in [3.05, 3.63) is 29.3 Å². The molecule has 1 saturated heterocycles. The van der Waals surface area contributed by atoms with Crippen molar-refractivity contribution >= 4 is 11.4 Å². The summed E-state index contributed by atoms with van der Waals surface area (Å²) in [5, 5.41) is 3.38. The number of piperidine rings is 1. The number of nitrogens with zero attached hydrogens (tertiary/aromatic N) is 1. The summed E-state index contributed by atoms with van der Waals surface area (Å²) in [7, 11) is 0. The van der Waals surface area contributed by atoms with Gasteiger partial charge in [-0.2, -0.15) is 0 Å². The van der Waals surface area contributed by atoms with Crippen LogP contribution in [-0.2, 0) is 17.8 Å². The number of pyridine rings is 1. The van der Waals surface area contributed by atoms with E-state index in [1.54, 1.807) is 6.07 Å². The fraction of sp³-hybridized carbons (Fsp3) is 0.688. The molecule has 2 N–H and O–H groups in total. The lowest BCUT2D eigenvalue weighted by atomic mass is 9.74. The number of aromatic nitrogens is 1. The number of hydrogen-bond donors (Lipinski definition) is 2. The van der Waals surface area contributed by atoms with E-state index >= 15 is 0 Å². The molecule has 1 aliphatic heterocycles. The highest BCUT2D eigenvalue weighted by Crippen LogP contribution is 2.51. The van der Waals surface area contributed by atoms with Crippen LogP contribution in [-0.4, -0.2) is 27.4 Å². The third-order valence-electron chi connectivity index (χ3n) is 4.79. The van der Waals surface area contributed by atoms with Crippen LogP contribution >= 0.6 is 0 Å². The van der Waals surface area contributed by atoms with Crippen molar-refractivity contribution in [2.24, 2.45) is 5.41 Å². The second kappa shape index (κ2) is 5.74. The summed E-state index contributed by atoms with van der Waals surface area (Å²) in [5.41, 5.74) is 1.83. The molecule has 0 amide bonds. The van der Waals surface area contributed by atoms with Crippen molar-refractivity contribution in [1.29, 1.82) is 0 Å². The van der Waals surface area contributed by atoms with Gasteiger partial charge in [-0.1, -0.05) is 0 Å². The maximum atomic E-state index is 13.7. The normalized spacial score (nSPS) is 25.2. The number of halogens is 1. The second-order valence-electron chi connectivity index (χ2n) is 7.41. The van der Waals surface area contributed by atoms with Crippen LogP contribution in [0.4, 0.5) is 4.39 Å². The van der Waals surface area contributed by atoms with Crippen LogP contribution in [0.3, 0.4) is 0 Å². The zero-order chi connectivity index (χ0) is 16.0. The Labute approximate surface area is 134 Å². The molecule has 0 unspecified atom stereocenters. The highest BCUT2D eigenvalue weighted by Gasteiger charge is 2.50. The van der Waals surface area contributed by atoms with Crippen molar-refractivity contribution in [3.63, 3.8) is 0 Å². The van der Waals surface area contributed by atoms with E-state index in [2.05, 4.69) is 15.0 Å². The van der Waals surface area contributed by atoms with Gasteiger partial charge < -0.3 is 9.87 Å². The molecule has 4 nitrogen and oxygen atoms in total.